The number of rotatable bonds is 8. The van der Waals surface area contributed by atoms with Crippen molar-refractivity contribution in [2.45, 2.75) is 55.6 Å². The quantitative estimate of drug-likeness (QED) is 0.379. The average Bonchev–Trinajstić information content (AvgIpc) is 2.96. The molecule has 1 aliphatic heterocycles. The van der Waals surface area contributed by atoms with Crippen molar-refractivity contribution in [1.29, 1.82) is 0 Å². The fourth-order valence-corrected chi connectivity index (χ4v) is 7.00. The molecule has 1 aromatic heterocycles. The molecule has 1 aliphatic carbocycles. The van der Waals surface area contributed by atoms with Crippen LogP contribution in [0.1, 0.15) is 64.8 Å². The monoisotopic (exact) mass is 616 g/mol. The summed E-state index contributed by atoms with van der Waals surface area (Å²) in [6.45, 7) is -0.996. The highest BCUT2D eigenvalue weighted by atomic mass is 35.5. The highest BCUT2D eigenvalue weighted by Crippen LogP contribution is 2.46. The van der Waals surface area contributed by atoms with E-state index in [9.17, 15) is 18.0 Å². The first-order valence-corrected chi connectivity index (χ1v) is 15.9. The van der Waals surface area contributed by atoms with E-state index in [1.165, 1.54) is 24.4 Å². The lowest BCUT2D eigenvalue weighted by atomic mass is 9.76. The lowest BCUT2D eigenvalue weighted by molar-refractivity contribution is -0.126. The van der Waals surface area contributed by atoms with Crippen LogP contribution in [0.3, 0.4) is 0 Å². The van der Waals surface area contributed by atoms with Gasteiger partial charge in [-0.2, -0.15) is 8.78 Å². The van der Waals surface area contributed by atoms with Crippen LogP contribution in [0.2, 0.25) is 5.02 Å². The smallest absolute Gasteiger partial charge is 0.306 e. The summed E-state index contributed by atoms with van der Waals surface area (Å²) in [5, 5.41) is 2.87. The molecular weight excluding hydrogens is 586 g/mol. The number of halogens is 3. The van der Waals surface area contributed by atoms with Gasteiger partial charge in [-0.05, 0) is 54.3 Å². The largest absolute Gasteiger partial charge is 0.349 e. The number of alkyl halides is 2. The number of carbonyl (C=O) groups excluding carboxylic acids is 2. The van der Waals surface area contributed by atoms with Crippen molar-refractivity contribution < 1.29 is 26.8 Å². The van der Waals surface area contributed by atoms with Crippen LogP contribution in [0.25, 0.3) is 0 Å². The van der Waals surface area contributed by atoms with Crippen molar-refractivity contribution in [1.82, 2.24) is 19.9 Å². The van der Waals surface area contributed by atoms with Gasteiger partial charge in [0.05, 0.1) is 24.8 Å². The highest BCUT2D eigenvalue weighted by Gasteiger charge is 2.49. The Morgan fingerprint density at radius 3 is 2.43 bits per heavy atom. The molecule has 0 saturated heterocycles. The number of nitrogens with one attached hydrogen (secondary N) is 2. The van der Waals surface area contributed by atoms with E-state index in [0.717, 1.165) is 19.1 Å². The third kappa shape index (κ3) is 6.33. The zero-order chi connectivity index (χ0) is 30.1. The van der Waals surface area contributed by atoms with E-state index in [0.29, 0.717) is 29.0 Å². The average molecular weight is 617 g/mol. The number of nitrogens with zero attached hydrogens (tertiary/aromatic N) is 2. The minimum atomic E-state index is -3.62. The van der Waals surface area contributed by atoms with Crippen LogP contribution in [-0.4, -0.2) is 55.0 Å². The predicted octanol–water partition coefficient (Wildman–Crippen LogP) is 4.78. The first-order chi connectivity index (χ1) is 20.0. The molecule has 2 aromatic carbocycles. The molecule has 5 rings (SSSR count). The molecule has 1 saturated carbocycles. The molecule has 4 atom stereocenters. The first kappa shape index (κ1) is 30.1. The van der Waals surface area contributed by atoms with Crippen molar-refractivity contribution in [3.63, 3.8) is 0 Å². The van der Waals surface area contributed by atoms with Crippen LogP contribution in [0.15, 0.2) is 72.9 Å². The number of hydrogen-bond donors (Lipinski definition) is 2. The highest BCUT2D eigenvalue weighted by molar-refractivity contribution is 7.88. The Labute approximate surface area is 248 Å². The number of carbonyl (C=O) groups is 2. The van der Waals surface area contributed by atoms with Crippen molar-refractivity contribution in [3.8, 4) is 0 Å². The van der Waals surface area contributed by atoms with Gasteiger partial charge in [0, 0.05) is 28.9 Å². The molecule has 8 nitrogen and oxygen atoms in total. The van der Waals surface area contributed by atoms with Crippen molar-refractivity contribution >= 4 is 33.4 Å². The summed E-state index contributed by atoms with van der Waals surface area (Å²) < 4.78 is 57.4. The zero-order valence-corrected chi connectivity index (χ0v) is 24.4. The Bertz CT molecular complexity index is 1560. The standard InChI is InChI=1S/C30H31ClF2N4O4S/c1-42(40,41)36-23-10-4-5-11-24(23)37-27(19-13-15-20(31)16-14-19)26(21-8-2-3-9-22(21)29(37)39)28(38)35-18-30(32,33)25-12-6-7-17-34-25/h2-3,6-9,12-17,23-24,26-27,36H,4-5,10-11,18H2,1H3,(H,35,38)/t23-,24-,26+,27-/m0/s1. The number of amides is 2. The van der Waals surface area contributed by atoms with Crippen molar-refractivity contribution in [2.24, 2.45) is 0 Å². The van der Waals surface area contributed by atoms with E-state index >= 15 is 8.78 Å². The van der Waals surface area contributed by atoms with Gasteiger partial charge in [0.2, 0.25) is 15.9 Å². The molecule has 2 aliphatic rings. The van der Waals surface area contributed by atoms with E-state index in [1.54, 1.807) is 53.4 Å². The second kappa shape index (κ2) is 12.1. The zero-order valence-electron chi connectivity index (χ0n) is 22.8. The Hall–Kier alpha value is -3.41. The molecule has 0 spiro atoms. The topological polar surface area (TPSA) is 108 Å². The molecule has 3 aromatic rings. The number of benzene rings is 2. The fraction of sp³-hybridized carbons (Fsp3) is 0.367. The van der Waals surface area contributed by atoms with Gasteiger partial charge in [0.25, 0.3) is 5.91 Å². The SMILES string of the molecule is CS(=O)(=O)N[C@H]1CCCC[C@@H]1N1C(=O)c2ccccc2[C@@H](C(=O)NCC(F)(F)c2ccccn2)[C@@H]1c1ccc(Cl)cc1. The van der Waals surface area contributed by atoms with E-state index in [2.05, 4.69) is 15.0 Å². The lowest BCUT2D eigenvalue weighted by Gasteiger charge is -2.49. The van der Waals surface area contributed by atoms with Crippen LogP contribution in [0, 0.1) is 0 Å². The predicted molar refractivity (Wildman–Crippen MR) is 155 cm³/mol. The van der Waals surface area contributed by atoms with Crippen LogP contribution in [0.5, 0.6) is 0 Å². The Morgan fingerprint density at radius 1 is 1.05 bits per heavy atom. The summed E-state index contributed by atoms with van der Waals surface area (Å²) in [6.07, 6.45) is 4.84. The van der Waals surface area contributed by atoms with Crippen molar-refractivity contribution in [3.05, 3.63) is 100 Å². The van der Waals surface area contributed by atoms with Crippen LogP contribution in [0.4, 0.5) is 8.78 Å². The molecule has 1 fully saturated rings. The lowest BCUT2D eigenvalue weighted by Crippen LogP contribution is -2.59. The third-order valence-corrected chi connectivity index (χ3v) is 8.83. The molecule has 0 radical (unpaired) electrons. The van der Waals surface area contributed by atoms with E-state index < -0.39 is 58.1 Å². The van der Waals surface area contributed by atoms with Crippen LogP contribution in [-0.2, 0) is 20.7 Å². The maximum atomic E-state index is 15.1. The second-order valence-electron chi connectivity index (χ2n) is 10.8. The minimum Gasteiger partial charge on any atom is -0.349 e. The summed E-state index contributed by atoms with van der Waals surface area (Å²) >= 11 is 6.17. The van der Waals surface area contributed by atoms with E-state index in [1.807, 2.05) is 0 Å². The van der Waals surface area contributed by atoms with Crippen LogP contribution >= 0.6 is 11.6 Å². The number of aromatic nitrogens is 1. The maximum Gasteiger partial charge on any atom is 0.306 e. The fourth-order valence-electron chi connectivity index (χ4n) is 6.05. The number of hydrogen-bond acceptors (Lipinski definition) is 5. The van der Waals surface area contributed by atoms with Gasteiger partial charge in [0.1, 0.15) is 5.69 Å². The molecule has 2 amide bonds. The molecular formula is C30H31ClF2N4O4S. The normalized spacial score (nSPS) is 22.9. The number of fused-ring (bicyclic) bond motifs is 1. The molecule has 42 heavy (non-hydrogen) atoms. The van der Waals surface area contributed by atoms with Gasteiger partial charge < -0.3 is 10.2 Å². The Morgan fingerprint density at radius 2 is 1.74 bits per heavy atom. The van der Waals surface area contributed by atoms with Gasteiger partial charge in [-0.15, -0.1) is 0 Å². The molecule has 2 N–H and O–H groups in total. The third-order valence-electron chi connectivity index (χ3n) is 7.85. The van der Waals surface area contributed by atoms with E-state index in [4.69, 9.17) is 11.6 Å². The summed E-state index contributed by atoms with van der Waals surface area (Å²) in [5.74, 6) is -5.57. The van der Waals surface area contributed by atoms with Crippen LogP contribution < -0.4 is 10.0 Å². The van der Waals surface area contributed by atoms with Gasteiger partial charge in [-0.3, -0.25) is 14.6 Å². The minimum absolute atomic E-state index is 0.267. The number of sulfonamides is 1. The van der Waals surface area contributed by atoms with E-state index in [-0.39, 0.29) is 11.5 Å². The molecule has 0 unspecified atom stereocenters. The van der Waals surface area contributed by atoms with Crippen molar-refractivity contribution in [2.75, 3.05) is 12.8 Å². The summed E-state index contributed by atoms with van der Waals surface area (Å²) in [7, 11) is -3.62. The van der Waals surface area contributed by atoms with Gasteiger partial charge in [-0.1, -0.05) is 60.8 Å². The van der Waals surface area contributed by atoms with Gasteiger partial charge >= 0.3 is 5.92 Å². The molecule has 2 heterocycles. The molecule has 222 valence electrons. The summed E-state index contributed by atoms with van der Waals surface area (Å²) in [5.41, 5.74) is 0.767. The summed E-state index contributed by atoms with van der Waals surface area (Å²) in [6, 6.07) is 15.4. The summed E-state index contributed by atoms with van der Waals surface area (Å²) in [4.78, 5) is 33.5. The maximum absolute atomic E-state index is 15.1. The van der Waals surface area contributed by atoms with Gasteiger partial charge in [0.15, 0.2) is 0 Å². The molecule has 0 bridgehead atoms. The number of pyridine rings is 1. The van der Waals surface area contributed by atoms with Gasteiger partial charge in [-0.25, -0.2) is 13.1 Å². The molecule has 12 heteroatoms. The Kier molecular flexibility index (Phi) is 8.63. The first-order valence-electron chi connectivity index (χ1n) is 13.7. The second-order valence-corrected chi connectivity index (χ2v) is 13.0. The Balaban J connectivity index is 1.59.